The zero-order valence-electron chi connectivity index (χ0n) is 8.33. The molecule has 2 heteroatoms. The summed E-state index contributed by atoms with van der Waals surface area (Å²) in [5, 5.41) is 0. The Morgan fingerprint density at radius 2 is 2.31 bits per heavy atom. The molecule has 0 N–H and O–H groups in total. The number of hydrogen-bond acceptors (Lipinski definition) is 2. The molecule has 0 aliphatic heterocycles. The Morgan fingerprint density at radius 1 is 1.46 bits per heavy atom. The maximum absolute atomic E-state index is 4.20. The third kappa shape index (κ3) is 1.59. The zero-order chi connectivity index (χ0) is 9.26. The van der Waals surface area contributed by atoms with E-state index >= 15 is 0 Å². The van der Waals surface area contributed by atoms with E-state index < -0.39 is 0 Å². The Kier molecular flexibility index (Phi) is 2.32. The van der Waals surface area contributed by atoms with Crippen molar-refractivity contribution in [1.29, 1.82) is 0 Å². The summed E-state index contributed by atoms with van der Waals surface area (Å²) >= 11 is 0. The van der Waals surface area contributed by atoms with Crippen LogP contribution in [0.4, 0.5) is 0 Å². The normalized spacial score (nSPS) is 21.6. The van der Waals surface area contributed by atoms with Crippen LogP contribution in [-0.2, 0) is 6.42 Å². The largest absolute Gasteiger partial charge is 0.302 e. The van der Waals surface area contributed by atoms with Crippen LogP contribution in [0, 0.1) is 0 Å². The van der Waals surface area contributed by atoms with E-state index in [1.54, 1.807) is 0 Å². The van der Waals surface area contributed by atoms with Crippen LogP contribution in [0.5, 0.6) is 0 Å². The third-order valence-electron chi connectivity index (χ3n) is 2.85. The van der Waals surface area contributed by atoms with Gasteiger partial charge in [-0.25, -0.2) is 0 Å². The molecule has 1 atom stereocenters. The summed E-state index contributed by atoms with van der Waals surface area (Å²) < 4.78 is 0. The smallest absolute Gasteiger partial charge is 0.0360 e. The molecule has 1 aliphatic rings. The van der Waals surface area contributed by atoms with E-state index in [1.165, 1.54) is 30.4 Å². The second kappa shape index (κ2) is 3.46. The molecule has 1 aromatic heterocycles. The van der Waals surface area contributed by atoms with E-state index in [0.29, 0.717) is 6.04 Å². The quantitative estimate of drug-likeness (QED) is 0.650. The molecule has 70 valence electrons. The number of aryl methyl sites for hydroxylation is 1. The Bertz CT molecular complexity index is 294. The van der Waals surface area contributed by atoms with Crippen LogP contribution in [0.3, 0.4) is 0 Å². The van der Waals surface area contributed by atoms with Crippen molar-refractivity contribution in [3.63, 3.8) is 0 Å². The van der Waals surface area contributed by atoms with Crippen LogP contribution in [-0.4, -0.2) is 24.0 Å². The molecule has 0 saturated carbocycles. The van der Waals surface area contributed by atoms with Gasteiger partial charge >= 0.3 is 0 Å². The molecule has 2 rings (SSSR count). The van der Waals surface area contributed by atoms with E-state index in [1.807, 2.05) is 12.4 Å². The van der Waals surface area contributed by atoms with Crippen molar-refractivity contribution in [3.05, 3.63) is 29.6 Å². The summed E-state index contributed by atoms with van der Waals surface area (Å²) in [7, 11) is 4.29. The Hall–Kier alpha value is -0.890. The lowest BCUT2D eigenvalue weighted by molar-refractivity contribution is 0.268. The Morgan fingerprint density at radius 3 is 3.08 bits per heavy atom. The number of aromatic nitrogens is 1. The van der Waals surface area contributed by atoms with Gasteiger partial charge in [0.25, 0.3) is 0 Å². The first-order chi connectivity index (χ1) is 6.29. The maximum Gasteiger partial charge on any atom is 0.0360 e. The number of fused-ring (bicyclic) bond motifs is 1. The molecule has 0 saturated heterocycles. The third-order valence-corrected chi connectivity index (χ3v) is 2.85. The predicted molar refractivity (Wildman–Crippen MR) is 53.6 cm³/mol. The molecule has 2 nitrogen and oxygen atoms in total. The van der Waals surface area contributed by atoms with Gasteiger partial charge in [-0.3, -0.25) is 4.98 Å². The van der Waals surface area contributed by atoms with Crippen LogP contribution in [0.25, 0.3) is 0 Å². The van der Waals surface area contributed by atoms with Crippen molar-refractivity contribution in [2.45, 2.75) is 25.3 Å². The number of hydrogen-bond donors (Lipinski definition) is 0. The molecule has 0 radical (unpaired) electrons. The first-order valence-electron chi connectivity index (χ1n) is 4.88. The lowest BCUT2D eigenvalue weighted by Gasteiger charge is -2.30. The average molecular weight is 176 g/mol. The molecule has 0 spiro atoms. The number of rotatable bonds is 1. The fraction of sp³-hybridized carbons (Fsp3) is 0.545. The average Bonchev–Trinajstić information content (AvgIpc) is 2.17. The topological polar surface area (TPSA) is 16.1 Å². The first-order valence-corrected chi connectivity index (χ1v) is 4.88. The molecule has 1 aliphatic carbocycles. The van der Waals surface area contributed by atoms with Gasteiger partial charge in [0.05, 0.1) is 0 Å². The standard InChI is InChI=1S/C11H16N2/c1-13(2)11-5-3-4-9-6-7-12-8-10(9)11/h6-8,11H,3-5H2,1-2H3/t11-/m1/s1. The molecule has 1 heterocycles. The van der Waals surface area contributed by atoms with Crippen LogP contribution >= 0.6 is 0 Å². The van der Waals surface area contributed by atoms with Crippen LogP contribution < -0.4 is 0 Å². The summed E-state index contributed by atoms with van der Waals surface area (Å²) in [4.78, 5) is 6.50. The lowest BCUT2D eigenvalue weighted by Crippen LogP contribution is -2.24. The van der Waals surface area contributed by atoms with Crippen LogP contribution in [0.2, 0.25) is 0 Å². The Balaban J connectivity index is 2.37. The highest BCUT2D eigenvalue weighted by atomic mass is 15.1. The highest BCUT2D eigenvalue weighted by Gasteiger charge is 2.21. The lowest BCUT2D eigenvalue weighted by atomic mass is 9.89. The summed E-state index contributed by atoms with van der Waals surface area (Å²) in [5.41, 5.74) is 2.92. The molecule has 0 bridgehead atoms. The SMILES string of the molecule is CN(C)[C@@H]1CCCc2ccncc21. The van der Waals surface area contributed by atoms with Crippen molar-refractivity contribution >= 4 is 0 Å². The van der Waals surface area contributed by atoms with E-state index in [9.17, 15) is 0 Å². The second-order valence-corrected chi connectivity index (χ2v) is 3.95. The van der Waals surface area contributed by atoms with Gasteiger partial charge in [0.1, 0.15) is 0 Å². The van der Waals surface area contributed by atoms with Gasteiger partial charge in [-0.2, -0.15) is 0 Å². The summed E-state index contributed by atoms with van der Waals surface area (Å²) in [6.45, 7) is 0. The molecule has 1 aromatic rings. The molecular formula is C11H16N2. The minimum absolute atomic E-state index is 0.581. The van der Waals surface area contributed by atoms with Gasteiger partial charge in [0.2, 0.25) is 0 Å². The minimum Gasteiger partial charge on any atom is -0.302 e. The van der Waals surface area contributed by atoms with Gasteiger partial charge in [-0.05, 0) is 50.6 Å². The van der Waals surface area contributed by atoms with Gasteiger partial charge in [0.15, 0.2) is 0 Å². The molecule has 0 amide bonds. The van der Waals surface area contributed by atoms with Crippen molar-refractivity contribution in [2.24, 2.45) is 0 Å². The summed E-state index contributed by atoms with van der Waals surface area (Å²) in [6, 6.07) is 2.74. The zero-order valence-corrected chi connectivity index (χ0v) is 8.33. The van der Waals surface area contributed by atoms with Crippen LogP contribution in [0.1, 0.15) is 30.0 Å². The molecular weight excluding hydrogens is 160 g/mol. The molecule has 0 aromatic carbocycles. The minimum atomic E-state index is 0.581. The molecule has 0 fully saturated rings. The number of pyridine rings is 1. The first kappa shape index (κ1) is 8.70. The van der Waals surface area contributed by atoms with Gasteiger partial charge < -0.3 is 4.90 Å². The summed E-state index contributed by atoms with van der Waals surface area (Å²) in [6.07, 6.45) is 7.73. The fourth-order valence-corrected chi connectivity index (χ4v) is 2.14. The van der Waals surface area contributed by atoms with Gasteiger partial charge in [0, 0.05) is 18.4 Å². The predicted octanol–water partition coefficient (Wildman–Crippen LogP) is 2.02. The van der Waals surface area contributed by atoms with Crippen molar-refractivity contribution in [1.82, 2.24) is 9.88 Å². The molecule has 13 heavy (non-hydrogen) atoms. The second-order valence-electron chi connectivity index (χ2n) is 3.95. The van der Waals surface area contributed by atoms with Crippen molar-refractivity contribution in [3.8, 4) is 0 Å². The van der Waals surface area contributed by atoms with E-state index in [4.69, 9.17) is 0 Å². The van der Waals surface area contributed by atoms with Gasteiger partial charge in [-0.1, -0.05) is 0 Å². The van der Waals surface area contributed by atoms with Gasteiger partial charge in [-0.15, -0.1) is 0 Å². The maximum atomic E-state index is 4.20. The molecule has 0 unspecified atom stereocenters. The highest BCUT2D eigenvalue weighted by molar-refractivity contribution is 5.28. The number of nitrogens with zero attached hydrogens (tertiary/aromatic N) is 2. The van der Waals surface area contributed by atoms with E-state index in [-0.39, 0.29) is 0 Å². The highest BCUT2D eigenvalue weighted by Crippen LogP contribution is 2.31. The summed E-state index contributed by atoms with van der Waals surface area (Å²) in [5.74, 6) is 0. The van der Waals surface area contributed by atoms with Crippen LogP contribution in [0.15, 0.2) is 18.5 Å². The van der Waals surface area contributed by atoms with Crippen molar-refractivity contribution in [2.75, 3.05) is 14.1 Å². The van der Waals surface area contributed by atoms with Crippen molar-refractivity contribution < 1.29 is 0 Å². The Labute approximate surface area is 79.6 Å². The van der Waals surface area contributed by atoms with E-state index in [2.05, 4.69) is 30.0 Å². The monoisotopic (exact) mass is 176 g/mol. The van der Waals surface area contributed by atoms with E-state index in [0.717, 1.165) is 0 Å². The fourth-order valence-electron chi connectivity index (χ4n) is 2.14.